The Kier molecular flexibility index (Phi) is 4.77. The van der Waals surface area contributed by atoms with E-state index in [1.54, 1.807) is 25.6 Å². The predicted molar refractivity (Wildman–Crippen MR) is 127 cm³/mol. The first-order valence-electron chi connectivity index (χ1n) is 11.3. The van der Waals surface area contributed by atoms with Crippen molar-refractivity contribution in [1.82, 2.24) is 34.3 Å². The number of methoxy groups -OCH3 is 1. The van der Waals surface area contributed by atoms with Crippen molar-refractivity contribution in [3.63, 3.8) is 0 Å². The number of nitrogens with two attached hydrogens (primary N) is 1. The third kappa shape index (κ3) is 3.29. The quantitative estimate of drug-likeness (QED) is 0.428. The van der Waals surface area contributed by atoms with E-state index in [9.17, 15) is 0 Å². The molecule has 1 aromatic carbocycles. The summed E-state index contributed by atoms with van der Waals surface area (Å²) < 4.78 is 14.4. The van der Waals surface area contributed by atoms with E-state index in [0.717, 1.165) is 30.6 Å². The SMILES string of the molecule is COc1cc2c(cc1C)CC(C)N(CCn1ncc3c1nc(N)n1nc(-c4ccco4)nc31)C2. The molecule has 0 bridgehead atoms. The first kappa shape index (κ1) is 20.7. The van der Waals surface area contributed by atoms with E-state index in [1.807, 2.05) is 10.7 Å². The summed E-state index contributed by atoms with van der Waals surface area (Å²) in [6, 6.07) is 8.48. The second-order valence-corrected chi connectivity index (χ2v) is 8.84. The van der Waals surface area contributed by atoms with E-state index in [2.05, 4.69) is 51.0 Å². The van der Waals surface area contributed by atoms with E-state index >= 15 is 0 Å². The highest BCUT2D eigenvalue weighted by atomic mass is 16.5. The minimum Gasteiger partial charge on any atom is -0.496 e. The van der Waals surface area contributed by atoms with Gasteiger partial charge in [0.15, 0.2) is 17.1 Å². The number of nitrogen functional groups attached to an aromatic ring is 1. The van der Waals surface area contributed by atoms with Crippen LogP contribution in [0.5, 0.6) is 5.75 Å². The Morgan fingerprint density at radius 2 is 2.06 bits per heavy atom. The molecule has 1 atom stereocenters. The molecule has 0 saturated carbocycles. The van der Waals surface area contributed by atoms with Gasteiger partial charge in [-0.25, -0.2) is 9.67 Å². The Bertz CT molecular complexity index is 1500. The van der Waals surface area contributed by atoms with Crippen molar-refractivity contribution in [2.45, 2.75) is 39.4 Å². The van der Waals surface area contributed by atoms with Crippen molar-refractivity contribution in [2.75, 3.05) is 19.4 Å². The lowest BCUT2D eigenvalue weighted by molar-refractivity contribution is 0.175. The van der Waals surface area contributed by atoms with Gasteiger partial charge in [0.2, 0.25) is 11.8 Å². The highest BCUT2D eigenvalue weighted by Crippen LogP contribution is 2.30. The normalized spacial score (nSPS) is 16.4. The minimum atomic E-state index is 0.261. The third-order valence-electron chi connectivity index (χ3n) is 6.67. The van der Waals surface area contributed by atoms with Crippen LogP contribution in [0.15, 0.2) is 41.1 Å². The zero-order valence-electron chi connectivity index (χ0n) is 19.4. The third-order valence-corrected chi connectivity index (χ3v) is 6.67. The molecular formula is C24H26N8O2. The standard InChI is InChI=1S/C24H26N8O2/c1-14-9-16-10-15(2)30(13-17(16)11-20(14)33-3)6-7-31-22-18(12-26-31)23-27-21(19-5-4-8-34-19)29-32(23)24(25)28-22/h4-5,8-9,11-12,15H,6-7,10,13H2,1-3H3,(H2,25,28). The maximum atomic E-state index is 6.23. The Morgan fingerprint density at radius 3 is 2.85 bits per heavy atom. The number of ether oxygens (including phenoxy) is 1. The Morgan fingerprint density at radius 1 is 1.18 bits per heavy atom. The summed E-state index contributed by atoms with van der Waals surface area (Å²) in [6.45, 7) is 6.78. The van der Waals surface area contributed by atoms with Gasteiger partial charge in [-0.3, -0.25) is 4.90 Å². The second-order valence-electron chi connectivity index (χ2n) is 8.84. The summed E-state index contributed by atoms with van der Waals surface area (Å²) in [5.74, 6) is 2.24. The first-order chi connectivity index (χ1) is 16.5. The van der Waals surface area contributed by atoms with Gasteiger partial charge in [0.1, 0.15) is 5.75 Å². The molecule has 5 aromatic rings. The van der Waals surface area contributed by atoms with Crippen LogP contribution < -0.4 is 10.5 Å². The van der Waals surface area contributed by atoms with Gasteiger partial charge < -0.3 is 14.9 Å². The van der Waals surface area contributed by atoms with Crippen molar-refractivity contribution in [1.29, 1.82) is 0 Å². The number of hydrogen-bond acceptors (Lipinski definition) is 8. The van der Waals surface area contributed by atoms with Gasteiger partial charge in [-0.2, -0.15) is 14.6 Å². The van der Waals surface area contributed by atoms with Crippen molar-refractivity contribution in [3.8, 4) is 17.3 Å². The van der Waals surface area contributed by atoms with Gasteiger partial charge in [0.05, 0.1) is 31.5 Å². The topological polar surface area (TPSA) is 113 Å². The van der Waals surface area contributed by atoms with E-state index in [1.165, 1.54) is 21.2 Å². The molecule has 2 N–H and O–H groups in total. The zero-order valence-corrected chi connectivity index (χ0v) is 19.4. The Balaban J connectivity index is 1.28. The van der Waals surface area contributed by atoms with E-state index < -0.39 is 0 Å². The van der Waals surface area contributed by atoms with Gasteiger partial charge in [-0.1, -0.05) is 6.07 Å². The van der Waals surface area contributed by atoms with Crippen LogP contribution in [0.2, 0.25) is 0 Å². The number of anilines is 1. The van der Waals surface area contributed by atoms with Crippen molar-refractivity contribution in [2.24, 2.45) is 0 Å². The molecule has 5 heterocycles. The molecule has 0 aliphatic carbocycles. The summed E-state index contributed by atoms with van der Waals surface area (Å²) >= 11 is 0. The van der Waals surface area contributed by atoms with Crippen LogP contribution >= 0.6 is 0 Å². The molecule has 1 aliphatic rings. The lowest BCUT2D eigenvalue weighted by atomic mass is 9.93. The number of rotatable bonds is 5. The summed E-state index contributed by atoms with van der Waals surface area (Å²) in [7, 11) is 1.73. The molecule has 10 heteroatoms. The molecule has 1 unspecified atom stereocenters. The van der Waals surface area contributed by atoms with Crippen molar-refractivity contribution in [3.05, 3.63) is 53.4 Å². The van der Waals surface area contributed by atoms with Crippen LogP contribution in [0.3, 0.4) is 0 Å². The van der Waals surface area contributed by atoms with Crippen LogP contribution in [-0.4, -0.2) is 54.0 Å². The molecule has 0 spiro atoms. The number of aryl methyl sites for hydroxylation is 1. The van der Waals surface area contributed by atoms with Gasteiger partial charge in [0, 0.05) is 19.1 Å². The van der Waals surface area contributed by atoms with Crippen LogP contribution in [-0.2, 0) is 19.5 Å². The largest absolute Gasteiger partial charge is 0.496 e. The van der Waals surface area contributed by atoms with E-state index in [0.29, 0.717) is 35.5 Å². The lowest BCUT2D eigenvalue weighted by Crippen LogP contribution is -2.40. The van der Waals surface area contributed by atoms with Gasteiger partial charge in [0.25, 0.3) is 0 Å². The molecule has 6 rings (SSSR count). The van der Waals surface area contributed by atoms with E-state index in [4.69, 9.17) is 14.9 Å². The summed E-state index contributed by atoms with van der Waals surface area (Å²) in [5.41, 5.74) is 11.5. The number of hydrogen-bond donors (Lipinski definition) is 1. The van der Waals surface area contributed by atoms with Gasteiger partial charge in [-0.05, 0) is 55.2 Å². The monoisotopic (exact) mass is 458 g/mol. The molecule has 10 nitrogen and oxygen atoms in total. The number of furan rings is 1. The zero-order chi connectivity index (χ0) is 23.4. The average molecular weight is 459 g/mol. The highest BCUT2D eigenvalue weighted by Gasteiger charge is 2.24. The predicted octanol–water partition coefficient (Wildman–Crippen LogP) is 3.08. The molecule has 0 radical (unpaired) electrons. The average Bonchev–Trinajstić information content (AvgIpc) is 3.57. The van der Waals surface area contributed by atoms with Crippen molar-refractivity contribution < 1.29 is 9.15 Å². The van der Waals surface area contributed by atoms with E-state index in [-0.39, 0.29) is 5.95 Å². The molecule has 34 heavy (non-hydrogen) atoms. The number of fused-ring (bicyclic) bond motifs is 4. The maximum Gasteiger partial charge on any atom is 0.225 e. The fourth-order valence-corrected chi connectivity index (χ4v) is 4.82. The van der Waals surface area contributed by atoms with Crippen molar-refractivity contribution >= 4 is 22.6 Å². The summed E-state index contributed by atoms with van der Waals surface area (Å²) in [5, 5.41) is 9.86. The molecule has 0 fully saturated rings. The molecule has 0 saturated heterocycles. The molecule has 4 aromatic heterocycles. The van der Waals surface area contributed by atoms with Crippen LogP contribution in [0, 0.1) is 6.92 Å². The fourth-order valence-electron chi connectivity index (χ4n) is 4.82. The van der Waals surface area contributed by atoms with Crippen LogP contribution in [0.1, 0.15) is 23.6 Å². The summed E-state index contributed by atoms with van der Waals surface area (Å²) in [4.78, 5) is 11.7. The first-order valence-corrected chi connectivity index (χ1v) is 11.3. The van der Waals surface area contributed by atoms with Gasteiger partial charge in [-0.15, -0.1) is 5.10 Å². The van der Waals surface area contributed by atoms with Crippen LogP contribution in [0.4, 0.5) is 5.95 Å². The maximum absolute atomic E-state index is 6.23. The molecule has 174 valence electrons. The second kappa shape index (κ2) is 7.84. The molecular weight excluding hydrogens is 432 g/mol. The molecule has 1 aliphatic heterocycles. The number of nitrogens with zero attached hydrogens (tertiary/aromatic N) is 7. The Labute approximate surface area is 196 Å². The van der Waals surface area contributed by atoms with Gasteiger partial charge >= 0.3 is 0 Å². The highest BCUT2D eigenvalue weighted by molar-refractivity contribution is 5.90. The number of benzene rings is 1. The Hall–Kier alpha value is -3.92. The summed E-state index contributed by atoms with van der Waals surface area (Å²) in [6.07, 6.45) is 4.38. The smallest absolute Gasteiger partial charge is 0.225 e. The minimum absolute atomic E-state index is 0.261. The van der Waals surface area contributed by atoms with Crippen LogP contribution in [0.25, 0.3) is 28.3 Å². The fraction of sp³-hybridized carbons (Fsp3) is 0.333. The lowest BCUT2D eigenvalue weighted by Gasteiger charge is -2.35. The molecule has 0 amide bonds. The number of aromatic nitrogens is 6.